The van der Waals surface area contributed by atoms with Crippen LogP contribution in [0, 0.1) is 0 Å². The number of hydrogen-bond donors (Lipinski definition) is 1. The standard InChI is InChI=1S/C11H8N4OS/c12-9-8(3-6-17-9)11-14-10(15-16-11)7-1-4-13-5-2-7/h1-6H,12H2. The van der Waals surface area contributed by atoms with Gasteiger partial charge in [0.15, 0.2) is 0 Å². The van der Waals surface area contributed by atoms with E-state index in [1.165, 1.54) is 11.3 Å². The zero-order valence-corrected chi connectivity index (χ0v) is 9.52. The molecule has 0 aliphatic heterocycles. The Balaban J connectivity index is 2.02. The number of aromatic nitrogens is 3. The molecule has 0 radical (unpaired) electrons. The van der Waals surface area contributed by atoms with Gasteiger partial charge in [-0.3, -0.25) is 4.98 Å². The number of nitrogens with zero attached hydrogens (tertiary/aromatic N) is 3. The molecular formula is C11H8N4OS. The Hall–Kier alpha value is -2.21. The zero-order valence-electron chi connectivity index (χ0n) is 8.70. The van der Waals surface area contributed by atoms with Crippen molar-refractivity contribution in [2.75, 3.05) is 5.73 Å². The monoisotopic (exact) mass is 244 g/mol. The highest BCUT2D eigenvalue weighted by atomic mass is 32.1. The molecule has 0 fully saturated rings. The van der Waals surface area contributed by atoms with Gasteiger partial charge >= 0.3 is 0 Å². The van der Waals surface area contributed by atoms with Crippen LogP contribution in [0.2, 0.25) is 0 Å². The van der Waals surface area contributed by atoms with Gasteiger partial charge in [-0.05, 0) is 23.6 Å². The Morgan fingerprint density at radius 3 is 2.71 bits per heavy atom. The number of anilines is 1. The largest absolute Gasteiger partial charge is 0.390 e. The van der Waals surface area contributed by atoms with Gasteiger partial charge in [0.2, 0.25) is 5.82 Å². The number of hydrogen-bond acceptors (Lipinski definition) is 6. The van der Waals surface area contributed by atoms with Gasteiger partial charge in [0.05, 0.1) is 10.6 Å². The van der Waals surface area contributed by atoms with Crippen molar-refractivity contribution < 1.29 is 4.52 Å². The van der Waals surface area contributed by atoms with E-state index in [0.29, 0.717) is 16.7 Å². The zero-order chi connectivity index (χ0) is 11.7. The lowest BCUT2D eigenvalue weighted by Gasteiger charge is -1.91. The van der Waals surface area contributed by atoms with E-state index < -0.39 is 0 Å². The SMILES string of the molecule is Nc1sccc1-c1nc(-c2ccncc2)no1. The molecule has 84 valence electrons. The maximum absolute atomic E-state index is 5.80. The predicted octanol–water partition coefficient (Wildman–Crippen LogP) is 2.44. The van der Waals surface area contributed by atoms with Gasteiger partial charge in [0, 0.05) is 18.0 Å². The highest BCUT2D eigenvalue weighted by Gasteiger charge is 2.13. The van der Waals surface area contributed by atoms with Crippen LogP contribution in [-0.4, -0.2) is 15.1 Å². The van der Waals surface area contributed by atoms with Crippen molar-refractivity contribution in [3.8, 4) is 22.8 Å². The normalized spacial score (nSPS) is 10.6. The molecule has 3 heterocycles. The molecule has 6 heteroatoms. The van der Waals surface area contributed by atoms with Crippen molar-refractivity contribution >= 4 is 16.3 Å². The van der Waals surface area contributed by atoms with Gasteiger partial charge in [-0.25, -0.2) is 0 Å². The summed E-state index contributed by atoms with van der Waals surface area (Å²) in [6.45, 7) is 0. The molecule has 0 saturated carbocycles. The van der Waals surface area contributed by atoms with E-state index in [2.05, 4.69) is 15.1 Å². The highest BCUT2D eigenvalue weighted by Crippen LogP contribution is 2.30. The van der Waals surface area contributed by atoms with Gasteiger partial charge in [-0.1, -0.05) is 5.16 Å². The summed E-state index contributed by atoms with van der Waals surface area (Å²) < 4.78 is 5.19. The van der Waals surface area contributed by atoms with Gasteiger partial charge < -0.3 is 10.3 Å². The third-order valence-electron chi connectivity index (χ3n) is 2.29. The molecule has 0 aromatic carbocycles. The molecule has 0 atom stereocenters. The van der Waals surface area contributed by atoms with Crippen molar-refractivity contribution in [3.05, 3.63) is 36.0 Å². The van der Waals surface area contributed by atoms with E-state index in [1.54, 1.807) is 12.4 Å². The number of nitrogen functional groups attached to an aromatic ring is 1. The number of pyridine rings is 1. The topological polar surface area (TPSA) is 77.8 Å². The smallest absolute Gasteiger partial charge is 0.261 e. The second-order valence-corrected chi connectivity index (χ2v) is 4.31. The number of thiophene rings is 1. The van der Waals surface area contributed by atoms with Crippen LogP contribution in [0.5, 0.6) is 0 Å². The molecule has 0 unspecified atom stereocenters. The van der Waals surface area contributed by atoms with E-state index in [4.69, 9.17) is 10.3 Å². The van der Waals surface area contributed by atoms with Gasteiger partial charge in [-0.15, -0.1) is 11.3 Å². The molecule has 0 aliphatic rings. The Labute approximate surface area is 101 Å². The van der Waals surface area contributed by atoms with Crippen LogP contribution in [0.3, 0.4) is 0 Å². The first kappa shape index (κ1) is 9.98. The molecule has 0 aliphatic carbocycles. The van der Waals surface area contributed by atoms with Crippen LogP contribution in [-0.2, 0) is 0 Å². The summed E-state index contributed by atoms with van der Waals surface area (Å²) in [5.41, 5.74) is 7.45. The molecule has 2 N–H and O–H groups in total. The Morgan fingerprint density at radius 2 is 2.00 bits per heavy atom. The van der Waals surface area contributed by atoms with Crippen molar-refractivity contribution in [1.29, 1.82) is 0 Å². The fourth-order valence-electron chi connectivity index (χ4n) is 1.45. The second-order valence-electron chi connectivity index (χ2n) is 3.36. The lowest BCUT2D eigenvalue weighted by Crippen LogP contribution is -1.84. The minimum absolute atomic E-state index is 0.440. The third-order valence-corrected chi connectivity index (χ3v) is 3.04. The van der Waals surface area contributed by atoms with E-state index in [0.717, 1.165) is 11.1 Å². The molecule has 0 amide bonds. The average Bonchev–Trinajstić information content (AvgIpc) is 2.98. The van der Waals surface area contributed by atoms with Crippen molar-refractivity contribution in [1.82, 2.24) is 15.1 Å². The second kappa shape index (κ2) is 3.99. The summed E-state index contributed by atoms with van der Waals surface area (Å²) in [4.78, 5) is 8.24. The van der Waals surface area contributed by atoms with Gasteiger partial charge in [0.1, 0.15) is 0 Å². The van der Waals surface area contributed by atoms with Crippen LogP contribution in [0.1, 0.15) is 0 Å². The molecule has 0 bridgehead atoms. The van der Waals surface area contributed by atoms with E-state index in [-0.39, 0.29) is 0 Å². The fraction of sp³-hybridized carbons (Fsp3) is 0. The maximum atomic E-state index is 5.80. The van der Waals surface area contributed by atoms with Crippen molar-refractivity contribution in [2.45, 2.75) is 0 Å². The van der Waals surface area contributed by atoms with Crippen LogP contribution >= 0.6 is 11.3 Å². The Bertz CT molecular complexity index is 632. The summed E-state index contributed by atoms with van der Waals surface area (Å²) in [7, 11) is 0. The van der Waals surface area contributed by atoms with E-state index in [1.807, 2.05) is 23.6 Å². The maximum Gasteiger partial charge on any atom is 0.261 e. The van der Waals surface area contributed by atoms with Crippen molar-refractivity contribution in [2.24, 2.45) is 0 Å². The summed E-state index contributed by atoms with van der Waals surface area (Å²) in [5, 5.41) is 6.48. The molecule has 3 aromatic heterocycles. The lowest BCUT2D eigenvalue weighted by atomic mass is 10.2. The van der Waals surface area contributed by atoms with E-state index in [9.17, 15) is 0 Å². The summed E-state index contributed by atoms with van der Waals surface area (Å²) in [5.74, 6) is 0.976. The molecule has 17 heavy (non-hydrogen) atoms. The number of nitrogens with two attached hydrogens (primary N) is 1. The third kappa shape index (κ3) is 1.78. The van der Waals surface area contributed by atoms with E-state index >= 15 is 0 Å². The molecular weight excluding hydrogens is 236 g/mol. The summed E-state index contributed by atoms with van der Waals surface area (Å²) in [6, 6.07) is 5.51. The molecule has 3 aromatic rings. The highest BCUT2D eigenvalue weighted by molar-refractivity contribution is 7.14. The van der Waals surface area contributed by atoms with Crippen LogP contribution in [0.25, 0.3) is 22.8 Å². The Kier molecular flexibility index (Phi) is 2.34. The van der Waals surface area contributed by atoms with Crippen LogP contribution < -0.4 is 5.73 Å². The fourth-order valence-corrected chi connectivity index (χ4v) is 2.08. The average molecular weight is 244 g/mol. The van der Waals surface area contributed by atoms with Crippen LogP contribution in [0.4, 0.5) is 5.00 Å². The summed E-state index contributed by atoms with van der Waals surface area (Å²) in [6.07, 6.45) is 3.37. The first-order chi connectivity index (χ1) is 8.34. The minimum atomic E-state index is 0.440. The molecule has 0 saturated heterocycles. The summed E-state index contributed by atoms with van der Waals surface area (Å²) >= 11 is 1.44. The first-order valence-electron chi connectivity index (χ1n) is 4.92. The Morgan fingerprint density at radius 1 is 1.18 bits per heavy atom. The first-order valence-corrected chi connectivity index (χ1v) is 5.80. The molecule has 0 spiro atoms. The van der Waals surface area contributed by atoms with Crippen LogP contribution in [0.15, 0.2) is 40.5 Å². The number of rotatable bonds is 2. The quantitative estimate of drug-likeness (QED) is 0.749. The van der Waals surface area contributed by atoms with Crippen molar-refractivity contribution in [3.63, 3.8) is 0 Å². The molecule has 5 nitrogen and oxygen atoms in total. The minimum Gasteiger partial charge on any atom is -0.390 e. The van der Waals surface area contributed by atoms with Gasteiger partial charge in [0.25, 0.3) is 5.89 Å². The molecule has 3 rings (SSSR count). The predicted molar refractivity (Wildman–Crippen MR) is 65.3 cm³/mol. The lowest BCUT2D eigenvalue weighted by molar-refractivity contribution is 0.432. The van der Waals surface area contributed by atoms with Gasteiger partial charge in [-0.2, -0.15) is 4.98 Å².